The fourth-order valence-corrected chi connectivity index (χ4v) is 16.5. The molecule has 266 valence electrons. The monoisotopic (exact) mass is 690 g/mol. The van der Waals surface area contributed by atoms with Gasteiger partial charge in [0.05, 0.1) is 0 Å². The average Bonchev–Trinajstić information content (AvgIpc) is 3.10. The minimum absolute atomic E-state index is 0.364. The van der Waals surface area contributed by atoms with Crippen LogP contribution in [0.5, 0.6) is 17.2 Å². The SMILES string of the molecule is CCCC[Si](CCCC)(CCCC)Oc1c(C(=O)Oc2ccccc2)cc(O[Si](CCCC)(CCCC)CCCC)c2c(C)cccc12. The van der Waals surface area contributed by atoms with Crippen LogP contribution in [0.4, 0.5) is 0 Å². The zero-order valence-corrected chi connectivity index (χ0v) is 33.6. The molecule has 0 unspecified atom stereocenters. The van der Waals surface area contributed by atoms with Crippen LogP contribution in [0.25, 0.3) is 10.8 Å². The summed E-state index contributed by atoms with van der Waals surface area (Å²) in [6.07, 6.45) is 13.9. The van der Waals surface area contributed by atoms with Crippen LogP contribution >= 0.6 is 0 Å². The summed E-state index contributed by atoms with van der Waals surface area (Å²) in [6.45, 7) is 15.9. The van der Waals surface area contributed by atoms with Crippen molar-refractivity contribution in [2.45, 2.75) is 162 Å². The molecule has 0 amide bonds. The second kappa shape index (κ2) is 20.8. The second-order valence-corrected chi connectivity index (χ2v) is 22.3. The molecule has 0 aliphatic carbocycles. The van der Waals surface area contributed by atoms with E-state index in [1.807, 2.05) is 36.4 Å². The number of esters is 1. The first kappa shape index (κ1) is 39.9. The smallest absolute Gasteiger partial charge is 0.347 e. The zero-order valence-electron chi connectivity index (χ0n) is 31.6. The fourth-order valence-electron chi connectivity index (χ4n) is 7.09. The number of fused-ring (bicyclic) bond motifs is 1. The maximum Gasteiger partial charge on any atom is 0.347 e. The van der Waals surface area contributed by atoms with Gasteiger partial charge in [-0.2, -0.15) is 0 Å². The van der Waals surface area contributed by atoms with Crippen LogP contribution < -0.4 is 13.6 Å². The van der Waals surface area contributed by atoms with Gasteiger partial charge in [0.2, 0.25) is 0 Å². The van der Waals surface area contributed by atoms with Crippen LogP contribution in [-0.4, -0.2) is 22.6 Å². The highest BCUT2D eigenvalue weighted by molar-refractivity contribution is 6.75. The Balaban J connectivity index is 2.33. The van der Waals surface area contributed by atoms with E-state index in [4.69, 9.17) is 13.6 Å². The third kappa shape index (κ3) is 11.2. The minimum atomic E-state index is -2.26. The van der Waals surface area contributed by atoms with Crippen molar-refractivity contribution in [3.05, 3.63) is 65.7 Å². The van der Waals surface area contributed by atoms with Crippen LogP contribution in [-0.2, 0) is 0 Å². The Bertz CT molecular complexity index is 1330. The molecule has 0 bridgehead atoms. The molecular formula is C42H66O4Si2. The molecule has 0 N–H and O–H groups in total. The van der Waals surface area contributed by atoms with Gasteiger partial charge in [-0.15, -0.1) is 0 Å². The van der Waals surface area contributed by atoms with E-state index < -0.39 is 16.6 Å². The lowest BCUT2D eigenvalue weighted by molar-refractivity contribution is 0.0732. The summed E-state index contributed by atoms with van der Waals surface area (Å²) in [4.78, 5) is 14.4. The van der Waals surface area contributed by atoms with Gasteiger partial charge in [-0.1, -0.05) is 155 Å². The predicted molar refractivity (Wildman–Crippen MR) is 211 cm³/mol. The van der Waals surface area contributed by atoms with Gasteiger partial charge in [0.25, 0.3) is 16.6 Å². The summed E-state index contributed by atoms with van der Waals surface area (Å²) in [5, 5.41) is 2.10. The highest BCUT2D eigenvalue weighted by Crippen LogP contribution is 2.44. The number of hydrogen-bond acceptors (Lipinski definition) is 4. The van der Waals surface area contributed by atoms with Crippen molar-refractivity contribution in [1.29, 1.82) is 0 Å². The largest absolute Gasteiger partial charge is 0.543 e. The summed E-state index contributed by atoms with van der Waals surface area (Å²) < 4.78 is 21.2. The van der Waals surface area contributed by atoms with Gasteiger partial charge in [-0.05, 0) is 67.0 Å². The highest BCUT2D eigenvalue weighted by Gasteiger charge is 2.39. The lowest BCUT2D eigenvalue weighted by atomic mass is 10.0. The number of ether oxygens (including phenoxy) is 1. The van der Waals surface area contributed by atoms with Crippen molar-refractivity contribution in [3.63, 3.8) is 0 Å². The molecule has 6 heteroatoms. The Morgan fingerprint density at radius 1 is 0.583 bits per heavy atom. The van der Waals surface area contributed by atoms with E-state index in [0.717, 1.165) is 116 Å². The van der Waals surface area contributed by atoms with Gasteiger partial charge < -0.3 is 13.6 Å². The Morgan fingerprint density at radius 3 is 1.50 bits per heavy atom. The minimum Gasteiger partial charge on any atom is -0.543 e. The average molecular weight is 691 g/mol. The van der Waals surface area contributed by atoms with E-state index >= 15 is 0 Å². The fraction of sp³-hybridized carbons (Fsp3) is 0.595. The van der Waals surface area contributed by atoms with Crippen LogP contribution in [0.1, 0.15) is 135 Å². The standard InChI is InChI=1S/C42H66O4Si2/c1-8-14-28-47(29-15-9-2,30-16-10-3)45-39-34-38(42(43)44-36-25-21-20-22-26-36)41(37-27-23-24-35(7)40(37)39)46-48(31-17-11-4,32-18-12-5)33-19-13-6/h20-27,34H,8-19,28-33H2,1-7H3. The molecule has 3 aromatic rings. The number of hydrogen-bond donors (Lipinski definition) is 0. The summed E-state index contributed by atoms with van der Waals surface area (Å²) in [7, 11) is -4.43. The molecule has 0 spiro atoms. The normalized spacial score (nSPS) is 12.0. The Kier molecular flexibility index (Phi) is 17.3. The number of benzene rings is 3. The first-order valence-electron chi connectivity index (χ1n) is 19.5. The Morgan fingerprint density at radius 2 is 1.04 bits per heavy atom. The maximum absolute atomic E-state index is 14.4. The van der Waals surface area contributed by atoms with E-state index in [1.54, 1.807) is 0 Å². The van der Waals surface area contributed by atoms with E-state index in [0.29, 0.717) is 11.3 Å². The van der Waals surface area contributed by atoms with Crippen LogP contribution in [0.2, 0.25) is 36.3 Å². The summed E-state index contributed by atoms with van der Waals surface area (Å²) >= 11 is 0. The van der Waals surface area contributed by atoms with E-state index in [9.17, 15) is 4.79 Å². The molecule has 0 saturated heterocycles. The lowest BCUT2D eigenvalue weighted by Crippen LogP contribution is -2.42. The van der Waals surface area contributed by atoms with Crippen molar-refractivity contribution < 1.29 is 18.4 Å². The second-order valence-electron chi connectivity index (χ2n) is 14.1. The molecule has 0 radical (unpaired) electrons. The number of rotatable bonds is 24. The van der Waals surface area contributed by atoms with Crippen molar-refractivity contribution in [2.75, 3.05) is 0 Å². The molecule has 0 aliphatic heterocycles. The molecule has 48 heavy (non-hydrogen) atoms. The van der Waals surface area contributed by atoms with Crippen LogP contribution in [0.3, 0.4) is 0 Å². The quantitative estimate of drug-likeness (QED) is 0.0533. The summed E-state index contributed by atoms with van der Waals surface area (Å²) in [6, 6.07) is 24.8. The zero-order chi connectivity index (χ0) is 34.8. The van der Waals surface area contributed by atoms with Crippen molar-refractivity contribution in [1.82, 2.24) is 0 Å². The van der Waals surface area contributed by atoms with Gasteiger partial charge in [0.15, 0.2) is 0 Å². The van der Waals surface area contributed by atoms with E-state index in [-0.39, 0.29) is 5.97 Å². The van der Waals surface area contributed by atoms with Gasteiger partial charge in [-0.3, -0.25) is 0 Å². The Hall–Kier alpha value is -2.58. The number of para-hydroxylation sites is 1. The van der Waals surface area contributed by atoms with Crippen molar-refractivity contribution >= 4 is 33.4 Å². The molecule has 3 rings (SSSR count). The number of unbranched alkanes of at least 4 members (excludes halogenated alkanes) is 6. The van der Waals surface area contributed by atoms with Gasteiger partial charge in [0.1, 0.15) is 22.8 Å². The first-order valence-corrected chi connectivity index (χ1v) is 24.6. The molecule has 0 fully saturated rings. The molecule has 3 aromatic carbocycles. The maximum atomic E-state index is 14.4. The van der Waals surface area contributed by atoms with E-state index in [1.165, 1.54) is 24.8 Å². The molecule has 0 aromatic heterocycles. The van der Waals surface area contributed by atoms with Gasteiger partial charge >= 0.3 is 5.97 Å². The Labute approximate surface area is 295 Å². The number of carbonyl (C=O) groups excluding carboxylic acids is 1. The molecule has 0 atom stereocenters. The summed E-state index contributed by atoms with van der Waals surface area (Å²) in [5.74, 6) is 1.76. The van der Waals surface area contributed by atoms with Crippen molar-refractivity contribution in [2.24, 2.45) is 0 Å². The molecular weight excluding hydrogens is 625 g/mol. The van der Waals surface area contributed by atoms with Gasteiger partial charge in [-0.25, -0.2) is 4.79 Å². The molecule has 0 aliphatic rings. The van der Waals surface area contributed by atoms with Crippen molar-refractivity contribution in [3.8, 4) is 17.2 Å². The topological polar surface area (TPSA) is 44.8 Å². The summed E-state index contributed by atoms with van der Waals surface area (Å²) in [5.41, 5.74) is 1.68. The predicted octanol–water partition coefficient (Wildman–Crippen LogP) is 13.8. The molecule has 0 heterocycles. The number of aryl methyl sites for hydroxylation is 1. The first-order chi connectivity index (χ1) is 23.3. The molecule has 0 saturated carbocycles. The third-order valence-corrected chi connectivity index (χ3v) is 18.9. The van der Waals surface area contributed by atoms with E-state index in [2.05, 4.69) is 66.7 Å². The molecule has 4 nitrogen and oxygen atoms in total. The number of carbonyl (C=O) groups is 1. The third-order valence-electron chi connectivity index (χ3n) is 10.0. The van der Waals surface area contributed by atoms with Crippen LogP contribution in [0, 0.1) is 6.92 Å². The van der Waals surface area contributed by atoms with Gasteiger partial charge in [0, 0.05) is 10.8 Å². The lowest BCUT2D eigenvalue weighted by Gasteiger charge is -2.36. The van der Waals surface area contributed by atoms with Crippen LogP contribution in [0.15, 0.2) is 54.6 Å². The highest BCUT2D eigenvalue weighted by atomic mass is 28.4.